The molecule has 4 heterocycles. The molecule has 5 rings (SSSR count). The number of hydrogen-bond acceptors (Lipinski definition) is 2. The van der Waals surface area contributed by atoms with Crippen LogP contribution in [-0.2, 0) is 19.3 Å². The highest BCUT2D eigenvalue weighted by atomic mass is 79.9. The van der Waals surface area contributed by atoms with E-state index < -0.39 is 0 Å². The summed E-state index contributed by atoms with van der Waals surface area (Å²) in [5.74, 6) is 4.44. The zero-order valence-corrected chi connectivity index (χ0v) is 18.0. The second-order valence-electron chi connectivity index (χ2n) is 8.71. The largest absolute Gasteiger partial charge is 0.469 e. The van der Waals surface area contributed by atoms with Gasteiger partial charge in [0.25, 0.3) is 0 Å². The Hall–Kier alpha value is -0.895. The number of fused-ring (bicyclic) bond motifs is 3. The van der Waals surface area contributed by atoms with E-state index >= 15 is 0 Å². The molecule has 0 saturated carbocycles. The molecule has 2 nitrogen and oxygen atoms in total. The van der Waals surface area contributed by atoms with E-state index in [0.717, 1.165) is 41.4 Å². The van der Waals surface area contributed by atoms with Crippen molar-refractivity contribution in [1.29, 1.82) is 0 Å². The number of aryl methyl sites for hydroxylation is 3. The lowest BCUT2D eigenvalue weighted by molar-refractivity contribution is 0.501. The maximum absolute atomic E-state index is 5.53. The Labute approximate surface area is 172 Å². The topological polar surface area (TPSA) is 26.3 Å². The van der Waals surface area contributed by atoms with Crippen molar-refractivity contribution in [1.82, 2.24) is 0 Å². The first-order valence-corrected chi connectivity index (χ1v) is 11.9. The van der Waals surface area contributed by atoms with Crippen LogP contribution in [0.1, 0.15) is 74.9 Å². The fourth-order valence-electron chi connectivity index (χ4n) is 5.71. The zero-order chi connectivity index (χ0) is 18.5. The summed E-state index contributed by atoms with van der Waals surface area (Å²) in [7, 11) is 0. The van der Waals surface area contributed by atoms with Crippen molar-refractivity contribution in [2.45, 2.75) is 95.0 Å². The van der Waals surface area contributed by atoms with E-state index in [1.165, 1.54) is 81.9 Å². The summed E-state index contributed by atoms with van der Waals surface area (Å²) < 4.78 is 11.8. The summed E-state index contributed by atoms with van der Waals surface area (Å²) in [6.45, 7) is 1.02. The van der Waals surface area contributed by atoms with Gasteiger partial charge in [-0.1, -0.05) is 69.3 Å². The van der Waals surface area contributed by atoms with E-state index in [1.54, 1.807) is 12.5 Å². The van der Waals surface area contributed by atoms with Crippen LogP contribution in [0.4, 0.5) is 0 Å². The van der Waals surface area contributed by atoms with Crippen LogP contribution in [0.15, 0.2) is 38.0 Å². The van der Waals surface area contributed by atoms with Crippen LogP contribution in [0.5, 0.6) is 0 Å². The summed E-state index contributed by atoms with van der Waals surface area (Å²) in [6, 6.07) is 4.08. The molecule has 2 bridgehead atoms. The van der Waals surface area contributed by atoms with Gasteiger partial charge < -0.3 is 8.83 Å². The molecule has 0 spiro atoms. The van der Waals surface area contributed by atoms with Gasteiger partial charge in [0, 0.05) is 12.8 Å². The van der Waals surface area contributed by atoms with Gasteiger partial charge in [-0.05, 0) is 46.5 Å². The van der Waals surface area contributed by atoms with Gasteiger partial charge in [0.1, 0.15) is 18.2 Å². The quantitative estimate of drug-likeness (QED) is 0.463. The summed E-state index contributed by atoms with van der Waals surface area (Å²) >= 11 is 3.56. The van der Waals surface area contributed by atoms with E-state index in [1.807, 2.05) is 6.07 Å². The SMILES string of the molecule is Brc1ccoc1CCCB1C2CCCCC1CCC2.c1cc2c(o1)CCC2. The van der Waals surface area contributed by atoms with Gasteiger partial charge in [-0.2, -0.15) is 0 Å². The fraction of sp³-hybridized carbons (Fsp3) is 0.652. The monoisotopic (exact) mass is 430 g/mol. The van der Waals surface area contributed by atoms with Crippen molar-refractivity contribution in [2.24, 2.45) is 0 Å². The van der Waals surface area contributed by atoms with Gasteiger partial charge in [0.2, 0.25) is 0 Å². The molecule has 2 saturated heterocycles. The predicted molar refractivity (Wildman–Crippen MR) is 116 cm³/mol. The van der Waals surface area contributed by atoms with Crippen LogP contribution < -0.4 is 0 Å². The predicted octanol–water partition coefficient (Wildman–Crippen LogP) is 7.74. The molecule has 2 fully saturated rings. The third-order valence-corrected chi connectivity index (χ3v) is 7.79. The molecule has 3 aliphatic rings. The van der Waals surface area contributed by atoms with Crippen molar-refractivity contribution in [3.8, 4) is 0 Å². The van der Waals surface area contributed by atoms with Gasteiger partial charge in [-0.25, -0.2) is 0 Å². The summed E-state index contributed by atoms with van der Waals surface area (Å²) in [6.07, 6.45) is 21.6. The molecule has 2 aromatic rings. The highest BCUT2D eigenvalue weighted by Gasteiger charge is 2.36. The Morgan fingerprint density at radius 3 is 2.33 bits per heavy atom. The van der Waals surface area contributed by atoms with Gasteiger partial charge >= 0.3 is 0 Å². The highest BCUT2D eigenvalue weighted by Crippen LogP contribution is 2.46. The summed E-state index contributed by atoms with van der Waals surface area (Å²) in [5, 5.41) is 0. The number of furan rings is 2. The summed E-state index contributed by atoms with van der Waals surface area (Å²) in [4.78, 5) is 0. The van der Waals surface area contributed by atoms with Crippen LogP contribution in [0.25, 0.3) is 0 Å². The first kappa shape index (κ1) is 19.4. The Bertz CT molecular complexity index is 674. The van der Waals surface area contributed by atoms with Crippen LogP contribution in [-0.4, -0.2) is 6.71 Å². The fourth-order valence-corrected chi connectivity index (χ4v) is 6.11. The van der Waals surface area contributed by atoms with E-state index in [2.05, 4.69) is 22.0 Å². The second kappa shape index (κ2) is 9.54. The van der Waals surface area contributed by atoms with Crippen molar-refractivity contribution >= 4 is 22.6 Å². The molecule has 2 atom stereocenters. The molecule has 0 aromatic carbocycles. The van der Waals surface area contributed by atoms with Crippen LogP contribution >= 0.6 is 15.9 Å². The van der Waals surface area contributed by atoms with Crippen LogP contribution in [0, 0.1) is 0 Å². The Morgan fingerprint density at radius 2 is 1.63 bits per heavy atom. The molecule has 2 aromatic heterocycles. The van der Waals surface area contributed by atoms with Gasteiger partial charge in [0.05, 0.1) is 17.0 Å². The average Bonchev–Trinajstić information content (AvgIpc) is 3.37. The second-order valence-corrected chi connectivity index (χ2v) is 9.56. The molecule has 0 radical (unpaired) electrons. The molecular formula is C23H32BBrO2. The van der Waals surface area contributed by atoms with Crippen molar-refractivity contribution in [2.75, 3.05) is 0 Å². The normalized spacial score (nSPS) is 24.1. The lowest BCUT2D eigenvalue weighted by Gasteiger charge is -2.34. The van der Waals surface area contributed by atoms with E-state index in [-0.39, 0.29) is 0 Å². The zero-order valence-electron chi connectivity index (χ0n) is 16.4. The summed E-state index contributed by atoms with van der Waals surface area (Å²) in [5.41, 5.74) is 1.42. The number of rotatable bonds is 4. The van der Waals surface area contributed by atoms with Gasteiger partial charge in [-0.3, -0.25) is 0 Å². The molecule has 0 N–H and O–H groups in total. The van der Waals surface area contributed by atoms with Crippen LogP contribution in [0.3, 0.4) is 0 Å². The van der Waals surface area contributed by atoms with Crippen molar-refractivity contribution in [3.05, 3.63) is 46.2 Å². The van der Waals surface area contributed by atoms with Crippen molar-refractivity contribution in [3.63, 3.8) is 0 Å². The third kappa shape index (κ3) is 4.94. The Balaban J connectivity index is 0.000000186. The molecule has 146 valence electrons. The first-order valence-electron chi connectivity index (χ1n) is 11.1. The maximum Gasteiger partial charge on any atom is 0.146 e. The molecule has 0 amide bonds. The Morgan fingerprint density at radius 1 is 0.889 bits per heavy atom. The lowest BCUT2D eigenvalue weighted by atomic mass is 9.28. The lowest BCUT2D eigenvalue weighted by Crippen LogP contribution is -2.29. The minimum Gasteiger partial charge on any atom is -0.469 e. The van der Waals surface area contributed by atoms with E-state index in [0.29, 0.717) is 0 Å². The molecule has 2 aliphatic heterocycles. The minimum atomic E-state index is 1.02. The third-order valence-electron chi connectivity index (χ3n) is 7.08. The standard InChI is InChI=1S/C16H24BBrO.C7H8O/c18-15-10-12-19-16(15)9-4-11-17-13-5-1-2-6-14(17)8-3-7-13;1-2-6-4-5-8-7(6)3-1/h10,12-14H,1-9,11H2;4-5H,1-3H2. The molecule has 4 heteroatoms. The number of hydrogen-bond donors (Lipinski definition) is 0. The molecule has 1 aliphatic carbocycles. The smallest absolute Gasteiger partial charge is 0.146 e. The van der Waals surface area contributed by atoms with Gasteiger partial charge in [-0.15, -0.1) is 0 Å². The average molecular weight is 431 g/mol. The first-order chi connectivity index (χ1) is 13.3. The van der Waals surface area contributed by atoms with Gasteiger partial charge in [0.15, 0.2) is 0 Å². The molecule has 2 unspecified atom stereocenters. The number of halogens is 1. The molecular weight excluding hydrogens is 399 g/mol. The minimum absolute atomic E-state index is 1.02. The van der Waals surface area contributed by atoms with E-state index in [9.17, 15) is 0 Å². The Kier molecular flexibility index (Phi) is 6.86. The maximum atomic E-state index is 5.53. The van der Waals surface area contributed by atoms with Crippen molar-refractivity contribution < 1.29 is 8.83 Å². The van der Waals surface area contributed by atoms with Crippen LogP contribution in [0.2, 0.25) is 18.0 Å². The molecule has 27 heavy (non-hydrogen) atoms. The highest BCUT2D eigenvalue weighted by molar-refractivity contribution is 9.10. The van der Waals surface area contributed by atoms with E-state index in [4.69, 9.17) is 8.83 Å².